The Kier molecular flexibility index (Phi) is 5.00. The highest BCUT2D eigenvalue weighted by Gasteiger charge is 2.24. The van der Waals surface area contributed by atoms with Crippen LogP contribution in [0.15, 0.2) is 40.6 Å². The van der Waals surface area contributed by atoms with Gasteiger partial charge in [0.05, 0.1) is 5.02 Å². The summed E-state index contributed by atoms with van der Waals surface area (Å²) < 4.78 is 26.5. The van der Waals surface area contributed by atoms with Crippen molar-refractivity contribution in [2.75, 3.05) is 7.05 Å². The van der Waals surface area contributed by atoms with Crippen molar-refractivity contribution in [3.8, 4) is 0 Å². The number of thiocarbonyl (C=S) groups is 1. The van der Waals surface area contributed by atoms with Crippen molar-refractivity contribution in [2.45, 2.75) is 11.4 Å². The summed E-state index contributed by atoms with van der Waals surface area (Å²) in [5, 5.41) is 2.05. The zero-order chi connectivity index (χ0) is 15.6. The van der Waals surface area contributed by atoms with Gasteiger partial charge in [-0.25, -0.2) is 8.42 Å². The Balaban J connectivity index is 2.38. The first-order valence-electron chi connectivity index (χ1n) is 5.90. The largest absolute Gasteiger partial charge is 0.389 e. The average molecular weight is 361 g/mol. The van der Waals surface area contributed by atoms with Gasteiger partial charge in [-0.05, 0) is 23.6 Å². The van der Waals surface area contributed by atoms with Crippen LogP contribution in [0.5, 0.6) is 0 Å². The minimum absolute atomic E-state index is 0.00789. The van der Waals surface area contributed by atoms with Gasteiger partial charge < -0.3 is 5.73 Å². The molecule has 0 fully saturated rings. The maximum Gasteiger partial charge on any atom is 0.244 e. The number of halogens is 1. The lowest BCUT2D eigenvalue weighted by atomic mass is 10.2. The predicted molar refractivity (Wildman–Crippen MR) is 90.3 cm³/mol. The monoisotopic (exact) mass is 360 g/mol. The molecule has 0 atom stereocenters. The third-order valence-corrected chi connectivity index (χ3v) is 6.24. The van der Waals surface area contributed by atoms with Crippen molar-refractivity contribution in [3.05, 3.63) is 51.2 Å². The van der Waals surface area contributed by atoms with E-state index in [4.69, 9.17) is 29.6 Å². The summed E-state index contributed by atoms with van der Waals surface area (Å²) in [6.07, 6.45) is 0. The van der Waals surface area contributed by atoms with Crippen molar-refractivity contribution in [3.63, 3.8) is 0 Å². The molecule has 0 saturated carbocycles. The lowest BCUT2D eigenvalue weighted by molar-refractivity contribution is 0.469. The van der Waals surface area contributed by atoms with E-state index in [1.807, 2.05) is 17.5 Å². The molecule has 2 aromatic rings. The molecule has 8 heteroatoms. The van der Waals surface area contributed by atoms with Crippen LogP contribution in [-0.4, -0.2) is 24.8 Å². The van der Waals surface area contributed by atoms with Gasteiger partial charge in [0.15, 0.2) is 0 Å². The highest BCUT2D eigenvalue weighted by atomic mass is 35.5. The Morgan fingerprint density at radius 3 is 2.71 bits per heavy atom. The van der Waals surface area contributed by atoms with Gasteiger partial charge in [0.1, 0.15) is 9.88 Å². The van der Waals surface area contributed by atoms with E-state index in [1.54, 1.807) is 6.07 Å². The predicted octanol–water partition coefficient (Wildman–Crippen LogP) is 2.86. The summed E-state index contributed by atoms with van der Waals surface area (Å²) in [7, 11) is -2.20. The highest BCUT2D eigenvalue weighted by Crippen LogP contribution is 2.26. The van der Waals surface area contributed by atoms with Crippen LogP contribution in [0.3, 0.4) is 0 Å². The summed E-state index contributed by atoms with van der Waals surface area (Å²) in [6.45, 7) is 0.285. The first kappa shape index (κ1) is 16.4. The number of hydrogen-bond donors (Lipinski definition) is 1. The average Bonchev–Trinajstić information content (AvgIpc) is 2.91. The number of rotatable bonds is 5. The van der Waals surface area contributed by atoms with Gasteiger partial charge in [-0.15, -0.1) is 11.3 Å². The number of nitrogens with zero attached hydrogens (tertiary/aromatic N) is 1. The number of nitrogens with two attached hydrogens (primary N) is 1. The summed E-state index contributed by atoms with van der Waals surface area (Å²) in [4.78, 5) is 1.08. The summed E-state index contributed by atoms with van der Waals surface area (Å²) >= 11 is 12.4. The summed E-state index contributed by atoms with van der Waals surface area (Å²) in [5.41, 5.74) is 6.01. The molecule has 0 aliphatic carbocycles. The van der Waals surface area contributed by atoms with Crippen molar-refractivity contribution >= 4 is 50.2 Å². The zero-order valence-corrected chi connectivity index (χ0v) is 14.3. The van der Waals surface area contributed by atoms with Crippen LogP contribution in [0, 0.1) is 0 Å². The SMILES string of the molecule is CN(Cc1cccs1)S(=O)(=O)c1cc(C(N)=S)ccc1Cl. The molecule has 21 heavy (non-hydrogen) atoms. The van der Waals surface area contributed by atoms with Gasteiger partial charge in [-0.2, -0.15) is 4.31 Å². The second-order valence-corrected chi connectivity index (χ2v) is 8.24. The van der Waals surface area contributed by atoms with Crippen LogP contribution in [-0.2, 0) is 16.6 Å². The second-order valence-electron chi connectivity index (χ2n) is 4.35. The van der Waals surface area contributed by atoms with Crippen LogP contribution in [0.4, 0.5) is 0 Å². The first-order valence-corrected chi connectivity index (χ1v) is 9.01. The number of sulfonamides is 1. The smallest absolute Gasteiger partial charge is 0.244 e. The molecule has 4 nitrogen and oxygen atoms in total. The van der Waals surface area contributed by atoms with E-state index >= 15 is 0 Å². The Hall–Kier alpha value is -0.990. The second kappa shape index (κ2) is 6.41. The van der Waals surface area contributed by atoms with E-state index in [1.165, 1.54) is 34.8 Å². The Labute approximate surface area is 138 Å². The van der Waals surface area contributed by atoms with Gasteiger partial charge >= 0.3 is 0 Å². The van der Waals surface area contributed by atoms with Crippen LogP contribution < -0.4 is 5.73 Å². The van der Waals surface area contributed by atoms with Crippen molar-refractivity contribution < 1.29 is 8.42 Å². The molecule has 1 aromatic carbocycles. The van der Waals surface area contributed by atoms with Crippen LogP contribution >= 0.6 is 35.2 Å². The molecule has 112 valence electrons. The molecule has 0 radical (unpaired) electrons. The van der Waals surface area contributed by atoms with E-state index in [0.29, 0.717) is 5.56 Å². The molecule has 1 heterocycles. The molecule has 0 unspecified atom stereocenters. The van der Waals surface area contributed by atoms with E-state index in [2.05, 4.69) is 0 Å². The Morgan fingerprint density at radius 2 is 2.14 bits per heavy atom. The quantitative estimate of drug-likeness (QED) is 0.833. The molecule has 2 N–H and O–H groups in total. The molecule has 1 aromatic heterocycles. The molecule has 0 spiro atoms. The fourth-order valence-corrected chi connectivity index (χ4v) is 4.34. The zero-order valence-electron chi connectivity index (χ0n) is 11.1. The maximum absolute atomic E-state index is 12.6. The Bertz CT molecular complexity index is 758. The summed E-state index contributed by atoms with van der Waals surface area (Å²) in [6, 6.07) is 8.25. The minimum Gasteiger partial charge on any atom is -0.389 e. The van der Waals surface area contributed by atoms with E-state index in [9.17, 15) is 8.42 Å². The van der Waals surface area contributed by atoms with Crippen molar-refractivity contribution in [1.82, 2.24) is 4.31 Å². The first-order chi connectivity index (χ1) is 9.82. The highest BCUT2D eigenvalue weighted by molar-refractivity contribution is 7.89. The fraction of sp³-hybridized carbons (Fsp3) is 0.154. The third-order valence-electron chi connectivity index (χ3n) is 2.86. The van der Waals surface area contributed by atoms with E-state index in [-0.39, 0.29) is 21.5 Å². The minimum atomic E-state index is -3.71. The van der Waals surface area contributed by atoms with E-state index in [0.717, 1.165) is 4.88 Å². The third kappa shape index (κ3) is 3.61. The molecule has 0 amide bonds. The van der Waals surface area contributed by atoms with Crippen LogP contribution in [0.2, 0.25) is 5.02 Å². The van der Waals surface area contributed by atoms with Crippen molar-refractivity contribution in [1.29, 1.82) is 0 Å². The molecule has 2 rings (SSSR count). The normalized spacial score (nSPS) is 11.8. The van der Waals surface area contributed by atoms with Gasteiger partial charge in [0, 0.05) is 24.0 Å². The molecule has 0 aliphatic rings. The van der Waals surface area contributed by atoms with Gasteiger partial charge in [0.25, 0.3) is 0 Å². The van der Waals surface area contributed by atoms with Crippen molar-refractivity contribution in [2.24, 2.45) is 5.73 Å². The lowest BCUT2D eigenvalue weighted by Gasteiger charge is -2.17. The standard InChI is InChI=1S/C13H13ClN2O2S3/c1-16(8-10-3-2-6-20-10)21(17,18)12-7-9(13(15)19)4-5-11(12)14/h2-7H,8H2,1H3,(H2,15,19). The van der Waals surface area contributed by atoms with E-state index < -0.39 is 10.0 Å². The molecular weight excluding hydrogens is 348 g/mol. The van der Waals surface area contributed by atoms with Crippen LogP contribution in [0.25, 0.3) is 0 Å². The topological polar surface area (TPSA) is 63.4 Å². The molecule has 0 saturated heterocycles. The fourth-order valence-electron chi connectivity index (χ4n) is 1.73. The number of hydrogen-bond acceptors (Lipinski definition) is 4. The Morgan fingerprint density at radius 1 is 1.43 bits per heavy atom. The number of thiophene rings is 1. The molecule has 0 aliphatic heterocycles. The van der Waals surface area contributed by atoms with Gasteiger partial charge in [0.2, 0.25) is 10.0 Å². The lowest BCUT2D eigenvalue weighted by Crippen LogP contribution is -2.26. The van der Waals surface area contributed by atoms with Gasteiger partial charge in [-0.1, -0.05) is 36.0 Å². The maximum atomic E-state index is 12.6. The summed E-state index contributed by atoms with van der Waals surface area (Å²) in [5.74, 6) is 0. The van der Waals surface area contributed by atoms with Gasteiger partial charge in [-0.3, -0.25) is 0 Å². The molecular formula is C13H13ClN2O2S3. The van der Waals surface area contributed by atoms with Crippen LogP contribution in [0.1, 0.15) is 10.4 Å². The molecule has 0 bridgehead atoms. The number of benzene rings is 1.